The molecule has 6 heteroatoms. The first-order valence-electron chi connectivity index (χ1n) is 5.37. The third-order valence-corrected chi connectivity index (χ3v) is 2.79. The van der Waals surface area contributed by atoms with Gasteiger partial charge < -0.3 is 19.9 Å². The molecular formula is C12H16ClNO4. The highest BCUT2D eigenvalue weighted by Gasteiger charge is 2.13. The molecule has 0 saturated heterocycles. The van der Waals surface area contributed by atoms with E-state index in [0.29, 0.717) is 22.2 Å². The lowest BCUT2D eigenvalue weighted by atomic mass is 10.2. The van der Waals surface area contributed by atoms with Crippen molar-refractivity contribution >= 4 is 23.3 Å². The lowest BCUT2D eigenvalue weighted by Crippen LogP contribution is -2.19. The lowest BCUT2D eigenvalue weighted by molar-refractivity contribution is -0.140. The van der Waals surface area contributed by atoms with Crippen molar-refractivity contribution < 1.29 is 19.4 Å². The zero-order valence-corrected chi connectivity index (χ0v) is 11.2. The summed E-state index contributed by atoms with van der Waals surface area (Å²) in [6.45, 7) is 1.90. The molecule has 1 aromatic carbocycles. The minimum Gasteiger partial charge on any atom is -0.495 e. The van der Waals surface area contributed by atoms with Crippen LogP contribution in [0.2, 0.25) is 5.02 Å². The summed E-state index contributed by atoms with van der Waals surface area (Å²) in [5.41, 5.74) is 0.636. The monoisotopic (exact) mass is 273 g/mol. The molecule has 0 fully saturated rings. The molecule has 1 atom stereocenters. The number of carbonyl (C=O) groups is 1. The van der Waals surface area contributed by atoms with Gasteiger partial charge in [0.2, 0.25) is 0 Å². The molecule has 1 aromatic rings. The third-order valence-electron chi connectivity index (χ3n) is 2.49. The Morgan fingerprint density at radius 2 is 2.00 bits per heavy atom. The number of anilines is 1. The van der Waals surface area contributed by atoms with Crippen LogP contribution in [-0.4, -0.2) is 31.8 Å². The van der Waals surface area contributed by atoms with Crippen molar-refractivity contribution in [3.05, 3.63) is 17.2 Å². The van der Waals surface area contributed by atoms with E-state index < -0.39 is 11.9 Å². The zero-order chi connectivity index (χ0) is 13.7. The molecule has 100 valence electrons. The molecule has 0 radical (unpaired) electrons. The molecule has 0 spiro atoms. The first-order valence-corrected chi connectivity index (χ1v) is 5.75. The summed E-state index contributed by atoms with van der Waals surface area (Å²) in [7, 11) is 3.04. The Bertz CT molecular complexity index is 436. The van der Waals surface area contributed by atoms with Gasteiger partial charge in [-0.2, -0.15) is 0 Å². The van der Waals surface area contributed by atoms with E-state index in [0.717, 1.165) is 0 Å². The highest BCUT2D eigenvalue weighted by molar-refractivity contribution is 6.32. The molecule has 0 aliphatic carbocycles. The van der Waals surface area contributed by atoms with Crippen LogP contribution in [-0.2, 0) is 4.79 Å². The van der Waals surface area contributed by atoms with Gasteiger partial charge in [0.05, 0.1) is 30.8 Å². The average Bonchev–Trinajstić information content (AvgIpc) is 2.35. The molecule has 0 amide bonds. The Morgan fingerprint density at radius 1 is 1.39 bits per heavy atom. The summed E-state index contributed by atoms with van der Waals surface area (Å²) in [4.78, 5) is 10.7. The minimum absolute atomic E-state index is 0.286. The van der Waals surface area contributed by atoms with Crippen molar-refractivity contribution in [2.45, 2.75) is 6.92 Å². The van der Waals surface area contributed by atoms with Gasteiger partial charge in [-0.05, 0) is 6.07 Å². The molecule has 0 aliphatic rings. The van der Waals surface area contributed by atoms with E-state index in [2.05, 4.69) is 5.32 Å². The number of carboxylic acid groups (broad SMARTS) is 1. The van der Waals surface area contributed by atoms with Gasteiger partial charge >= 0.3 is 5.97 Å². The number of carboxylic acids is 1. The van der Waals surface area contributed by atoms with Crippen LogP contribution in [0, 0.1) is 5.92 Å². The summed E-state index contributed by atoms with van der Waals surface area (Å²) in [5.74, 6) is -0.309. The number of hydrogen-bond acceptors (Lipinski definition) is 4. The highest BCUT2D eigenvalue weighted by atomic mass is 35.5. The predicted octanol–water partition coefficient (Wildman–Crippen LogP) is 2.49. The number of ether oxygens (including phenoxy) is 2. The van der Waals surface area contributed by atoms with Gasteiger partial charge in [0.15, 0.2) is 0 Å². The second-order valence-corrected chi connectivity index (χ2v) is 4.21. The van der Waals surface area contributed by atoms with Crippen LogP contribution in [0.4, 0.5) is 5.69 Å². The van der Waals surface area contributed by atoms with E-state index in [9.17, 15) is 4.79 Å². The number of nitrogens with one attached hydrogen (secondary N) is 1. The maximum Gasteiger partial charge on any atom is 0.308 e. The van der Waals surface area contributed by atoms with Gasteiger partial charge in [0, 0.05) is 12.6 Å². The van der Waals surface area contributed by atoms with Crippen LogP contribution in [0.5, 0.6) is 11.5 Å². The minimum atomic E-state index is -0.860. The Kier molecular flexibility index (Phi) is 5.09. The second-order valence-electron chi connectivity index (χ2n) is 3.81. The van der Waals surface area contributed by atoms with Crippen LogP contribution in [0.1, 0.15) is 6.92 Å². The Morgan fingerprint density at radius 3 is 2.50 bits per heavy atom. The van der Waals surface area contributed by atoms with Crippen molar-refractivity contribution in [3.8, 4) is 11.5 Å². The van der Waals surface area contributed by atoms with Gasteiger partial charge in [-0.3, -0.25) is 4.79 Å². The standard InChI is InChI=1S/C12H16ClNO4/c1-7(12(15)16)6-14-9-4-8(13)10(17-2)5-11(9)18-3/h4-5,7,14H,6H2,1-3H3,(H,15,16). The zero-order valence-electron chi connectivity index (χ0n) is 10.5. The maximum atomic E-state index is 10.7. The maximum absolute atomic E-state index is 10.7. The largest absolute Gasteiger partial charge is 0.495 e. The third kappa shape index (κ3) is 3.43. The van der Waals surface area contributed by atoms with Crippen LogP contribution in [0.15, 0.2) is 12.1 Å². The Balaban J connectivity index is 2.88. The molecule has 1 unspecified atom stereocenters. The first-order chi connectivity index (χ1) is 8.49. The van der Waals surface area contributed by atoms with E-state index in [-0.39, 0.29) is 6.54 Å². The summed E-state index contributed by atoms with van der Waals surface area (Å²) >= 11 is 6.00. The van der Waals surface area contributed by atoms with Crippen molar-refractivity contribution in [3.63, 3.8) is 0 Å². The van der Waals surface area contributed by atoms with E-state index in [4.69, 9.17) is 26.2 Å². The summed E-state index contributed by atoms with van der Waals surface area (Å²) < 4.78 is 10.3. The quantitative estimate of drug-likeness (QED) is 0.833. The van der Waals surface area contributed by atoms with Crippen LogP contribution >= 0.6 is 11.6 Å². The van der Waals surface area contributed by atoms with Crippen molar-refractivity contribution in [2.75, 3.05) is 26.1 Å². The molecule has 2 N–H and O–H groups in total. The van der Waals surface area contributed by atoms with E-state index in [1.807, 2.05) is 0 Å². The first kappa shape index (κ1) is 14.4. The number of rotatable bonds is 6. The van der Waals surface area contributed by atoms with Gasteiger partial charge in [-0.25, -0.2) is 0 Å². The van der Waals surface area contributed by atoms with E-state index >= 15 is 0 Å². The molecule has 0 bridgehead atoms. The molecule has 0 aliphatic heterocycles. The number of benzene rings is 1. The second kappa shape index (κ2) is 6.35. The fourth-order valence-electron chi connectivity index (χ4n) is 1.35. The molecule has 0 heterocycles. The number of aliphatic carboxylic acids is 1. The van der Waals surface area contributed by atoms with E-state index in [1.54, 1.807) is 19.1 Å². The smallest absolute Gasteiger partial charge is 0.308 e. The topological polar surface area (TPSA) is 67.8 Å². The fraction of sp³-hybridized carbons (Fsp3) is 0.417. The molecule has 0 saturated carbocycles. The summed E-state index contributed by atoms with van der Waals surface area (Å²) in [5, 5.41) is 12.2. The van der Waals surface area contributed by atoms with Gasteiger partial charge in [-0.15, -0.1) is 0 Å². The van der Waals surface area contributed by atoms with Crippen molar-refractivity contribution in [1.29, 1.82) is 0 Å². The van der Waals surface area contributed by atoms with Crippen LogP contribution in [0.3, 0.4) is 0 Å². The van der Waals surface area contributed by atoms with Crippen LogP contribution in [0.25, 0.3) is 0 Å². The van der Waals surface area contributed by atoms with Gasteiger partial charge in [0.25, 0.3) is 0 Å². The van der Waals surface area contributed by atoms with Crippen molar-refractivity contribution in [1.82, 2.24) is 0 Å². The molecule has 5 nitrogen and oxygen atoms in total. The molecule has 0 aromatic heterocycles. The Hall–Kier alpha value is -1.62. The normalized spacial score (nSPS) is 11.8. The average molecular weight is 274 g/mol. The van der Waals surface area contributed by atoms with Gasteiger partial charge in [-0.1, -0.05) is 18.5 Å². The van der Waals surface area contributed by atoms with Crippen molar-refractivity contribution in [2.24, 2.45) is 5.92 Å². The van der Waals surface area contributed by atoms with E-state index in [1.165, 1.54) is 14.2 Å². The fourth-order valence-corrected chi connectivity index (χ4v) is 1.59. The van der Waals surface area contributed by atoms with Gasteiger partial charge in [0.1, 0.15) is 11.5 Å². The molecule has 18 heavy (non-hydrogen) atoms. The van der Waals surface area contributed by atoms with Crippen LogP contribution < -0.4 is 14.8 Å². The highest BCUT2D eigenvalue weighted by Crippen LogP contribution is 2.35. The summed E-state index contributed by atoms with van der Waals surface area (Å²) in [6, 6.07) is 3.30. The SMILES string of the molecule is COc1cc(OC)c(NCC(C)C(=O)O)cc1Cl. The number of halogens is 1. The number of hydrogen-bond donors (Lipinski definition) is 2. The molecular weight excluding hydrogens is 258 g/mol. The lowest BCUT2D eigenvalue weighted by Gasteiger charge is -2.15. The molecule has 1 rings (SSSR count). The predicted molar refractivity (Wildman–Crippen MR) is 69.8 cm³/mol. The summed E-state index contributed by atoms with van der Waals surface area (Å²) in [6.07, 6.45) is 0. The Labute approximate surface area is 111 Å². The number of methoxy groups -OCH3 is 2.